The van der Waals surface area contributed by atoms with Crippen LogP contribution >= 0.6 is 0 Å². The zero-order valence-corrected chi connectivity index (χ0v) is 9.95. The molecule has 1 aliphatic carbocycles. The molecule has 0 amide bonds. The van der Waals surface area contributed by atoms with Crippen LogP contribution in [0.15, 0.2) is 11.9 Å². The van der Waals surface area contributed by atoms with Crippen LogP contribution in [0.1, 0.15) is 58.3 Å². The average molecular weight is 234 g/mol. The molecular formula is C13H21F3. The van der Waals surface area contributed by atoms with E-state index in [-0.39, 0.29) is 0 Å². The lowest BCUT2D eigenvalue weighted by molar-refractivity contribution is 0.241. The lowest BCUT2D eigenvalue weighted by Crippen LogP contribution is -2.15. The Kier molecular flexibility index (Phi) is 5.93. The summed E-state index contributed by atoms with van der Waals surface area (Å²) in [6, 6.07) is 0. The molecule has 0 spiro atoms. The highest BCUT2D eigenvalue weighted by atomic mass is 19.3. The van der Waals surface area contributed by atoms with Gasteiger partial charge in [-0.2, -0.15) is 8.78 Å². The summed E-state index contributed by atoms with van der Waals surface area (Å²) in [6.07, 6.45) is 5.76. The third-order valence-electron chi connectivity index (χ3n) is 3.60. The Morgan fingerprint density at radius 2 is 1.62 bits per heavy atom. The predicted molar refractivity (Wildman–Crippen MR) is 59.9 cm³/mol. The molecule has 1 aliphatic rings. The smallest absolute Gasteiger partial charge is 0.206 e. The Morgan fingerprint density at radius 3 is 2.12 bits per heavy atom. The predicted octanol–water partition coefficient (Wildman–Crippen LogP) is 5.45. The van der Waals surface area contributed by atoms with Gasteiger partial charge in [-0.25, -0.2) is 4.39 Å². The first-order valence-electron chi connectivity index (χ1n) is 6.35. The Balaban J connectivity index is 2.26. The molecule has 0 atom stereocenters. The van der Waals surface area contributed by atoms with E-state index in [1.807, 2.05) is 0 Å². The standard InChI is InChI=1S/C13H21F3/c1-2-3-4-5-10-6-8-11(9-7-10)12(14)13(15)16/h10-11H,2-9H2,1H3. The van der Waals surface area contributed by atoms with Gasteiger partial charge in [0.05, 0.1) is 0 Å². The van der Waals surface area contributed by atoms with Crippen molar-refractivity contribution in [2.24, 2.45) is 11.8 Å². The van der Waals surface area contributed by atoms with Gasteiger partial charge in [-0.15, -0.1) is 0 Å². The number of hydrogen-bond acceptors (Lipinski definition) is 0. The molecule has 0 aromatic carbocycles. The number of halogens is 3. The second kappa shape index (κ2) is 6.97. The van der Waals surface area contributed by atoms with E-state index >= 15 is 0 Å². The molecule has 0 aliphatic heterocycles. The van der Waals surface area contributed by atoms with Crippen molar-refractivity contribution in [3.63, 3.8) is 0 Å². The Hall–Kier alpha value is -0.470. The summed E-state index contributed by atoms with van der Waals surface area (Å²) in [5.74, 6) is -1.03. The van der Waals surface area contributed by atoms with Crippen LogP contribution in [0.25, 0.3) is 0 Å². The van der Waals surface area contributed by atoms with Gasteiger partial charge in [0.15, 0.2) is 5.83 Å². The molecule has 0 aromatic rings. The zero-order valence-electron chi connectivity index (χ0n) is 9.95. The van der Waals surface area contributed by atoms with E-state index in [9.17, 15) is 13.2 Å². The van der Waals surface area contributed by atoms with Crippen molar-refractivity contribution in [3.05, 3.63) is 11.9 Å². The highest BCUT2D eigenvalue weighted by Crippen LogP contribution is 2.37. The van der Waals surface area contributed by atoms with Crippen LogP contribution in [-0.4, -0.2) is 0 Å². The van der Waals surface area contributed by atoms with Crippen LogP contribution in [0.5, 0.6) is 0 Å². The second-order valence-electron chi connectivity index (χ2n) is 4.82. The van der Waals surface area contributed by atoms with E-state index in [0.29, 0.717) is 18.8 Å². The second-order valence-corrected chi connectivity index (χ2v) is 4.82. The molecule has 16 heavy (non-hydrogen) atoms. The monoisotopic (exact) mass is 234 g/mol. The molecule has 0 unspecified atom stereocenters. The summed E-state index contributed by atoms with van der Waals surface area (Å²) in [5.41, 5.74) is 0. The molecule has 0 saturated heterocycles. The van der Waals surface area contributed by atoms with Crippen LogP contribution < -0.4 is 0 Å². The molecule has 1 rings (SSSR count). The summed E-state index contributed by atoms with van der Waals surface area (Å²) < 4.78 is 37.1. The summed E-state index contributed by atoms with van der Waals surface area (Å²) in [5, 5.41) is 0. The van der Waals surface area contributed by atoms with E-state index in [2.05, 4.69) is 6.92 Å². The van der Waals surface area contributed by atoms with Crippen LogP contribution in [-0.2, 0) is 0 Å². The Labute approximate surface area is 95.9 Å². The van der Waals surface area contributed by atoms with Gasteiger partial charge in [0.1, 0.15) is 0 Å². The molecule has 0 nitrogen and oxygen atoms in total. The van der Waals surface area contributed by atoms with Gasteiger partial charge in [0.25, 0.3) is 0 Å². The SMILES string of the molecule is CCCCCC1CCC(C(F)=C(F)F)CC1. The topological polar surface area (TPSA) is 0 Å². The van der Waals surface area contributed by atoms with Gasteiger partial charge in [0.2, 0.25) is 0 Å². The van der Waals surface area contributed by atoms with Crippen LogP contribution in [0.3, 0.4) is 0 Å². The van der Waals surface area contributed by atoms with E-state index in [1.54, 1.807) is 0 Å². The van der Waals surface area contributed by atoms with Crippen molar-refractivity contribution in [1.82, 2.24) is 0 Å². The summed E-state index contributed by atoms with van der Waals surface area (Å²) >= 11 is 0. The molecule has 1 saturated carbocycles. The normalized spacial score (nSPS) is 25.5. The third kappa shape index (κ3) is 4.18. The highest BCUT2D eigenvalue weighted by Gasteiger charge is 2.26. The summed E-state index contributed by atoms with van der Waals surface area (Å²) in [7, 11) is 0. The van der Waals surface area contributed by atoms with Gasteiger partial charge in [-0.1, -0.05) is 32.6 Å². The minimum absolute atomic E-state index is 0.507. The van der Waals surface area contributed by atoms with Crippen LogP contribution in [0.2, 0.25) is 0 Å². The minimum Gasteiger partial charge on any atom is -0.206 e. The van der Waals surface area contributed by atoms with Crippen molar-refractivity contribution >= 4 is 0 Å². The summed E-state index contributed by atoms with van der Waals surface area (Å²) in [4.78, 5) is 0. The van der Waals surface area contributed by atoms with Gasteiger partial charge >= 0.3 is 6.08 Å². The van der Waals surface area contributed by atoms with Gasteiger partial charge in [0, 0.05) is 5.92 Å². The lowest BCUT2D eigenvalue weighted by Gasteiger charge is -2.27. The molecule has 3 heteroatoms. The summed E-state index contributed by atoms with van der Waals surface area (Å²) in [6.45, 7) is 2.17. The molecule has 94 valence electrons. The minimum atomic E-state index is -2.12. The Bertz CT molecular complexity index is 223. The fraction of sp³-hybridized carbons (Fsp3) is 0.846. The van der Waals surface area contributed by atoms with E-state index < -0.39 is 17.8 Å². The molecule has 1 fully saturated rings. The molecule has 0 heterocycles. The van der Waals surface area contributed by atoms with Crippen molar-refractivity contribution in [2.45, 2.75) is 58.3 Å². The molecule has 0 bridgehead atoms. The van der Waals surface area contributed by atoms with E-state index in [1.165, 1.54) is 25.7 Å². The van der Waals surface area contributed by atoms with Crippen molar-refractivity contribution in [3.8, 4) is 0 Å². The Morgan fingerprint density at radius 1 is 1.00 bits per heavy atom. The highest BCUT2D eigenvalue weighted by molar-refractivity contribution is 4.99. The number of hydrogen-bond donors (Lipinski definition) is 0. The van der Waals surface area contributed by atoms with Crippen molar-refractivity contribution in [1.29, 1.82) is 0 Å². The number of allylic oxidation sites excluding steroid dienone is 1. The fourth-order valence-corrected chi connectivity index (χ4v) is 2.54. The number of unbranched alkanes of at least 4 members (excludes halogenated alkanes) is 2. The first-order chi connectivity index (χ1) is 7.65. The zero-order chi connectivity index (χ0) is 12.0. The lowest BCUT2D eigenvalue weighted by atomic mass is 9.79. The third-order valence-corrected chi connectivity index (χ3v) is 3.60. The molecule has 0 aromatic heterocycles. The molecular weight excluding hydrogens is 213 g/mol. The van der Waals surface area contributed by atoms with E-state index in [4.69, 9.17) is 0 Å². The van der Waals surface area contributed by atoms with Crippen LogP contribution in [0, 0.1) is 11.8 Å². The first-order valence-corrected chi connectivity index (χ1v) is 6.35. The maximum absolute atomic E-state index is 13.0. The van der Waals surface area contributed by atoms with Gasteiger partial charge in [-0.3, -0.25) is 0 Å². The van der Waals surface area contributed by atoms with Crippen molar-refractivity contribution < 1.29 is 13.2 Å². The van der Waals surface area contributed by atoms with Gasteiger partial charge < -0.3 is 0 Å². The molecule has 0 N–H and O–H groups in total. The number of rotatable bonds is 5. The maximum atomic E-state index is 13.0. The fourth-order valence-electron chi connectivity index (χ4n) is 2.54. The first kappa shape index (κ1) is 13.6. The van der Waals surface area contributed by atoms with Gasteiger partial charge in [-0.05, 0) is 31.6 Å². The quantitative estimate of drug-likeness (QED) is 0.555. The largest absolute Gasteiger partial charge is 0.301 e. The van der Waals surface area contributed by atoms with E-state index in [0.717, 1.165) is 12.8 Å². The average Bonchev–Trinajstić information content (AvgIpc) is 2.29. The maximum Gasteiger partial charge on any atom is 0.301 e. The molecule has 0 radical (unpaired) electrons. The van der Waals surface area contributed by atoms with Crippen molar-refractivity contribution in [2.75, 3.05) is 0 Å². The van der Waals surface area contributed by atoms with Crippen LogP contribution in [0.4, 0.5) is 13.2 Å².